The van der Waals surface area contributed by atoms with Crippen molar-refractivity contribution >= 4 is 34.1 Å². The molecule has 1 aliphatic heterocycles. The first kappa shape index (κ1) is 17.4. The number of benzene rings is 2. The number of carbonyl (C=O) groups is 1. The van der Waals surface area contributed by atoms with Gasteiger partial charge in [-0.1, -0.05) is 42.5 Å². The third-order valence-corrected chi connectivity index (χ3v) is 4.24. The zero-order chi connectivity index (χ0) is 18.2. The predicted molar refractivity (Wildman–Crippen MR) is 104 cm³/mol. The van der Waals surface area contributed by atoms with Crippen molar-refractivity contribution in [1.82, 2.24) is 10.6 Å². The zero-order valence-electron chi connectivity index (χ0n) is 14.8. The highest BCUT2D eigenvalue weighted by Gasteiger charge is 2.33. The number of carbonyl (C=O) groups excluding carboxylic acids is 1. The molecular weight excluding hydrogens is 332 g/mol. The molecule has 1 heterocycles. The molecule has 0 bridgehead atoms. The Morgan fingerprint density at radius 2 is 1.80 bits per heavy atom. The van der Waals surface area contributed by atoms with Crippen molar-refractivity contribution in [1.29, 1.82) is 0 Å². The predicted octanol–water partition coefficient (Wildman–Crippen LogP) is 3.97. The molecular formula is C20H22N2O2S. The van der Waals surface area contributed by atoms with Crippen LogP contribution in [-0.2, 0) is 9.53 Å². The molecule has 0 aromatic heterocycles. The Bertz CT molecular complexity index is 875. The molecule has 3 rings (SSSR count). The van der Waals surface area contributed by atoms with E-state index in [9.17, 15) is 4.79 Å². The van der Waals surface area contributed by atoms with Gasteiger partial charge in [0.1, 0.15) is 5.60 Å². The molecule has 130 valence electrons. The summed E-state index contributed by atoms with van der Waals surface area (Å²) in [6, 6.07) is 13.8. The Kier molecular flexibility index (Phi) is 4.52. The van der Waals surface area contributed by atoms with Gasteiger partial charge in [-0.05, 0) is 56.2 Å². The molecule has 0 saturated heterocycles. The summed E-state index contributed by atoms with van der Waals surface area (Å²) in [5, 5.41) is 8.98. The lowest BCUT2D eigenvalue weighted by molar-refractivity contribution is -0.150. The number of hydrogen-bond donors (Lipinski definition) is 2. The topological polar surface area (TPSA) is 50.4 Å². The molecule has 1 atom stereocenters. The number of allylic oxidation sites excluding steroid dienone is 1. The number of ether oxygens (including phenoxy) is 1. The SMILES string of the molecule is CC1=C(C(=O)OC(C)(C)C)[C@H](c2cccc3ccccc23)NC(=S)N1. The molecule has 25 heavy (non-hydrogen) atoms. The molecule has 0 amide bonds. The average molecular weight is 354 g/mol. The molecule has 5 heteroatoms. The molecule has 1 aliphatic rings. The Morgan fingerprint density at radius 3 is 2.52 bits per heavy atom. The van der Waals surface area contributed by atoms with Crippen LogP contribution in [-0.4, -0.2) is 16.7 Å². The van der Waals surface area contributed by atoms with Crippen LogP contribution in [0.1, 0.15) is 39.3 Å². The lowest BCUT2D eigenvalue weighted by atomic mass is 9.91. The van der Waals surface area contributed by atoms with E-state index in [0.29, 0.717) is 10.7 Å². The summed E-state index contributed by atoms with van der Waals surface area (Å²) < 4.78 is 5.63. The summed E-state index contributed by atoms with van der Waals surface area (Å²) >= 11 is 5.32. The minimum Gasteiger partial charge on any atom is -0.456 e. The van der Waals surface area contributed by atoms with E-state index >= 15 is 0 Å². The van der Waals surface area contributed by atoms with Crippen LogP contribution in [0, 0.1) is 0 Å². The van der Waals surface area contributed by atoms with E-state index in [2.05, 4.69) is 28.8 Å². The molecule has 2 N–H and O–H groups in total. The molecule has 0 unspecified atom stereocenters. The summed E-state index contributed by atoms with van der Waals surface area (Å²) in [4.78, 5) is 12.8. The molecule has 0 saturated carbocycles. The van der Waals surface area contributed by atoms with Gasteiger partial charge in [0.15, 0.2) is 5.11 Å². The van der Waals surface area contributed by atoms with E-state index < -0.39 is 5.60 Å². The summed E-state index contributed by atoms with van der Waals surface area (Å²) in [5.74, 6) is -0.342. The van der Waals surface area contributed by atoms with Crippen molar-refractivity contribution in [2.24, 2.45) is 0 Å². The highest BCUT2D eigenvalue weighted by atomic mass is 32.1. The van der Waals surface area contributed by atoms with Crippen LogP contribution >= 0.6 is 12.2 Å². The van der Waals surface area contributed by atoms with Crippen LogP contribution in [0.15, 0.2) is 53.7 Å². The van der Waals surface area contributed by atoms with Gasteiger partial charge in [0.25, 0.3) is 0 Å². The van der Waals surface area contributed by atoms with E-state index in [1.165, 1.54) is 0 Å². The van der Waals surface area contributed by atoms with Crippen LogP contribution in [0.4, 0.5) is 0 Å². The fourth-order valence-corrected chi connectivity index (χ4v) is 3.30. The standard InChI is InChI=1S/C20H22N2O2S/c1-12-16(18(23)24-20(2,3)4)17(22-19(25)21-12)15-11-7-9-13-8-5-6-10-14(13)15/h5-11,17H,1-4H3,(H2,21,22,25)/t17-/m0/s1. The minimum absolute atomic E-state index is 0.342. The van der Waals surface area contributed by atoms with Crippen molar-refractivity contribution in [3.63, 3.8) is 0 Å². The first-order valence-electron chi connectivity index (χ1n) is 8.25. The Labute approximate surface area is 153 Å². The van der Waals surface area contributed by atoms with Gasteiger partial charge in [0.2, 0.25) is 0 Å². The monoisotopic (exact) mass is 354 g/mol. The lowest BCUT2D eigenvalue weighted by Crippen LogP contribution is -2.45. The highest BCUT2D eigenvalue weighted by Crippen LogP contribution is 2.33. The van der Waals surface area contributed by atoms with Gasteiger partial charge < -0.3 is 15.4 Å². The van der Waals surface area contributed by atoms with E-state index in [0.717, 1.165) is 22.0 Å². The smallest absolute Gasteiger partial charge is 0.338 e. The second-order valence-corrected chi connectivity index (χ2v) is 7.55. The average Bonchev–Trinajstić information content (AvgIpc) is 2.51. The third-order valence-electron chi connectivity index (χ3n) is 4.02. The zero-order valence-corrected chi connectivity index (χ0v) is 15.7. The maximum absolute atomic E-state index is 12.8. The van der Waals surface area contributed by atoms with Crippen molar-refractivity contribution in [3.8, 4) is 0 Å². The van der Waals surface area contributed by atoms with Gasteiger partial charge in [-0.3, -0.25) is 0 Å². The molecule has 2 aromatic carbocycles. The normalized spacial score (nSPS) is 17.9. The molecule has 0 radical (unpaired) electrons. The maximum atomic E-state index is 12.8. The second kappa shape index (κ2) is 6.48. The highest BCUT2D eigenvalue weighted by molar-refractivity contribution is 7.80. The summed E-state index contributed by atoms with van der Waals surface area (Å²) in [7, 11) is 0. The lowest BCUT2D eigenvalue weighted by Gasteiger charge is -2.32. The molecule has 0 fully saturated rings. The number of esters is 1. The number of thiocarbonyl (C=S) groups is 1. The van der Waals surface area contributed by atoms with E-state index in [-0.39, 0.29) is 12.0 Å². The fraction of sp³-hybridized carbons (Fsp3) is 0.300. The van der Waals surface area contributed by atoms with Crippen LogP contribution in [0.3, 0.4) is 0 Å². The first-order chi connectivity index (χ1) is 11.8. The van der Waals surface area contributed by atoms with Crippen LogP contribution in [0.2, 0.25) is 0 Å². The van der Waals surface area contributed by atoms with Crippen LogP contribution < -0.4 is 10.6 Å². The van der Waals surface area contributed by atoms with Gasteiger partial charge in [-0.2, -0.15) is 0 Å². The molecule has 0 aliphatic carbocycles. The largest absolute Gasteiger partial charge is 0.456 e. The fourth-order valence-electron chi connectivity index (χ4n) is 3.03. The Hall–Kier alpha value is -2.40. The Morgan fingerprint density at radius 1 is 1.12 bits per heavy atom. The van der Waals surface area contributed by atoms with Crippen molar-refractivity contribution in [3.05, 3.63) is 59.3 Å². The molecule has 2 aromatic rings. The number of fused-ring (bicyclic) bond motifs is 1. The maximum Gasteiger partial charge on any atom is 0.338 e. The molecule has 0 spiro atoms. The van der Waals surface area contributed by atoms with Gasteiger partial charge in [-0.25, -0.2) is 4.79 Å². The summed E-state index contributed by atoms with van der Waals surface area (Å²) in [6.45, 7) is 7.44. The van der Waals surface area contributed by atoms with E-state index in [4.69, 9.17) is 17.0 Å². The van der Waals surface area contributed by atoms with Gasteiger partial charge in [-0.15, -0.1) is 0 Å². The second-order valence-electron chi connectivity index (χ2n) is 7.14. The van der Waals surface area contributed by atoms with E-state index in [1.54, 1.807) is 0 Å². The Balaban J connectivity index is 2.12. The van der Waals surface area contributed by atoms with Crippen LogP contribution in [0.25, 0.3) is 10.8 Å². The van der Waals surface area contributed by atoms with Gasteiger partial charge >= 0.3 is 5.97 Å². The summed E-state index contributed by atoms with van der Waals surface area (Å²) in [6.07, 6.45) is 0. The van der Waals surface area contributed by atoms with E-state index in [1.807, 2.05) is 52.0 Å². The van der Waals surface area contributed by atoms with Crippen molar-refractivity contribution < 1.29 is 9.53 Å². The van der Waals surface area contributed by atoms with Crippen molar-refractivity contribution in [2.75, 3.05) is 0 Å². The first-order valence-corrected chi connectivity index (χ1v) is 8.66. The van der Waals surface area contributed by atoms with Gasteiger partial charge in [0, 0.05) is 5.70 Å². The third kappa shape index (κ3) is 3.66. The minimum atomic E-state index is -0.564. The number of hydrogen-bond acceptors (Lipinski definition) is 3. The summed E-state index contributed by atoms with van der Waals surface area (Å²) in [5.41, 5.74) is 1.71. The number of rotatable bonds is 2. The number of nitrogens with one attached hydrogen (secondary N) is 2. The quantitative estimate of drug-likeness (QED) is 0.631. The van der Waals surface area contributed by atoms with Crippen molar-refractivity contribution in [2.45, 2.75) is 39.3 Å². The van der Waals surface area contributed by atoms with Crippen LogP contribution in [0.5, 0.6) is 0 Å². The van der Waals surface area contributed by atoms with Gasteiger partial charge in [0.05, 0.1) is 11.6 Å². The molecule has 4 nitrogen and oxygen atoms in total.